The van der Waals surface area contributed by atoms with Gasteiger partial charge in [0.05, 0.1) is 13.7 Å². The standard InChI is InChI=1S/C13H14N4O3S/c1-19-9-4-2-8(3-5-9)11-15-16-13(17(11)14)21-10-6-7-20-12(10)18/h2-5,10H,6-7,14H2,1H3/t10-/m1/s1. The maximum Gasteiger partial charge on any atom is 0.319 e. The van der Waals surface area contributed by atoms with Crippen LogP contribution in [0, 0.1) is 0 Å². The van der Waals surface area contributed by atoms with Gasteiger partial charge in [-0.1, -0.05) is 11.8 Å². The van der Waals surface area contributed by atoms with Crippen LogP contribution in [-0.2, 0) is 9.53 Å². The predicted molar refractivity (Wildman–Crippen MR) is 77.4 cm³/mol. The van der Waals surface area contributed by atoms with Crippen molar-refractivity contribution < 1.29 is 14.3 Å². The highest BCUT2D eigenvalue weighted by molar-refractivity contribution is 8.00. The molecule has 1 atom stereocenters. The summed E-state index contributed by atoms with van der Waals surface area (Å²) in [6.45, 7) is 0.445. The van der Waals surface area contributed by atoms with E-state index in [1.165, 1.54) is 16.4 Å². The fraction of sp³-hybridized carbons (Fsp3) is 0.308. The van der Waals surface area contributed by atoms with Gasteiger partial charge in [-0.2, -0.15) is 0 Å². The van der Waals surface area contributed by atoms with Crippen LogP contribution in [0.3, 0.4) is 0 Å². The molecule has 0 unspecified atom stereocenters. The molecule has 0 radical (unpaired) electrons. The van der Waals surface area contributed by atoms with Gasteiger partial charge in [-0.15, -0.1) is 10.2 Å². The van der Waals surface area contributed by atoms with Crippen molar-refractivity contribution in [2.45, 2.75) is 16.8 Å². The number of carbonyl (C=O) groups excluding carboxylic acids is 1. The summed E-state index contributed by atoms with van der Waals surface area (Å²) in [5.41, 5.74) is 0.826. The van der Waals surface area contributed by atoms with E-state index in [2.05, 4.69) is 10.2 Å². The number of benzene rings is 1. The normalized spacial score (nSPS) is 17.8. The van der Waals surface area contributed by atoms with Gasteiger partial charge in [0.15, 0.2) is 5.82 Å². The average Bonchev–Trinajstić information content (AvgIpc) is 3.07. The van der Waals surface area contributed by atoms with Crippen molar-refractivity contribution >= 4 is 17.7 Å². The van der Waals surface area contributed by atoms with E-state index in [-0.39, 0.29) is 11.2 Å². The average molecular weight is 306 g/mol. The van der Waals surface area contributed by atoms with E-state index >= 15 is 0 Å². The van der Waals surface area contributed by atoms with E-state index < -0.39 is 0 Å². The second-order valence-corrected chi connectivity index (χ2v) is 5.64. The molecule has 0 saturated carbocycles. The summed E-state index contributed by atoms with van der Waals surface area (Å²) in [5, 5.41) is 8.35. The number of hydrogen-bond acceptors (Lipinski definition) is 7. The quantitative estimate of drug-likeness (QED) is 0.667. The van der Waals surface area contributed by atoms with Crippen LogP contribution in [-0.4, -0.2) is 39.8 Å². The van der Waals surface area contributed by atoms with Crippen molar-refractivity contribution in [3.63, 3.8) is 0 Å². The number of hydrogen-bond donors (Lipinski definition) is 1. The van der Waals surface area contributed by atoms with Crippen LogP contribution < -0.4 is 10.6 Å². The van der Waals surface area contributed by atoms with Crippen LogP contribution in [0.1, 0.15) is 6.42 Å². The molecule has 21 heavy (non-hydrogen) atoms. The summed E-state index contributed by atoms with van der Waals surface area (Å²) < 4.78 is 11.4. The highest BCUT2D eigenvalue weighted by Crippen LogP contribution is 2.29. The monoisotopic (exact) mass is 306 g/mol. The fourth-order valence-corrected chi connectivity index (χ4v) is 2.93. The lowest BCUT2D eigenvalue weighted by molar-refractivity contribution is -0.137. The molecule has 2 aromatic rings. The van der Waals surface area contributed by atoms with Gasteiger partial charge in [0, 0.05) is 12.0 Å². The Morgan fingerprint density at radius 2 is 2.14 bits per heavy atom. The molecule has 110 valence electrons. The zero-order valence-corrected chi connectivity index (χ0v) is 12.2. The van der Waals surface area contributed by atoms with Gasteiger partial charge < -0.3 is 15.3 Å². The zero-order valence-electron chi connectivity index (χ0n) is 11.4. The number of cyclic esters (lactones) is 1. The van der Waals surface area contributed by atoms with Crippen LogP contribution in [0.2, 0.25) is 0 Å². The summed E-state index contributed by atoms with van der Waals surface area (Å²) in [6.07, 6.45) is 0.661. The molecule has 0 aliphatic carbocycles. The number of nitrogens with two attached hydrogens (primary N) is 1. The Balaban J connectivity index is 1.82. The molecule has 0 spiro atoms. The third-order valence-corrected chi connectivity index (χ3v) is 4.35. The molecular formula is C13H14N4O3S. The van der Waals surface area contributed by atoms with Crippen molar-refractivity contribution in [3.05, 3.63) is 24.3 Å². The van der Waals surface area contributed by atoms with Gasteiger partial charge in [0.1, 0.15) is 11.0 Å². The molecule has 8 heteroatoms. The lowest BCUT2D eigenvalue weighted by atomic mass is 10.2. The molecule has 1 aliphatic heterocycles. The number of thioether (sulfide) groups is 1. The van der Waals surface area contributed by atoms with Gasteiger partial charge in [0.2, 0.25) is 5.16 Å². The third-order valence-electron chi connectivity index (χ3n) is 3.15. The van der Waals surface area contributed by atoms with E-state index in [0.29, 0.717) is 24.0 Å². The number of ether oxygens (including phenoxy) is 2. The second-order valence-electron chi connectivity index (χ2n) is 4.47. The predicted octanol–water partition coefficient (Wildman–Crippen LogP) is 1.08. The summed E-state index contributed by atoms with van der Waals surface area (Å²) in [4.78, 5) is 11.5. The lowest BCUT2D eigenvalue weighted by Crippen LogP contribution is -2.15. The number of methoxy groups -OCH3 is 1. The Bertz CT molecular complexity index is 656. The minimum absolute atomic E-state index is 0.228. The molecule has 0 bridgehead atoms. The molecule has 0 amide bonds. The Kier molecular flexibility index (Phi) is 3.70. The van der Waals surface area contributed by atoms with Crippen molar-refractivity contribution in [2.24, 2.45) is 0 Å². The highest BCUT2D eigenvalue weighted by atomic mass is 32.2. The van der Waals surface area contributed by atoms with Crippen molar-refractivity contribution in [1.29, 1.82) is 0 Å². The van der Waals surface area contributed by atoms with Crippen molar-refractivity contribution in [1.82, 2.24) is 14.9 Å². The molecular weight excluding hydrogens is 292 g/mol. The third kappa shape index (κ3) is 2.66. The summed E-state index contributed by atoms with van der Waals surface area (Å²) >= 11 is 1.27. The molecule has 1 saturated heterocycles. The van der Waals surface area contributed by atoms with E-state index in [1.54, 1.807) is 7.11 Å². The van der Waals surface area contributed by atoms with Crippen LogP contribution in [0.25, 0.3) is 11.4 Å². The Hall–Kier alpha value is -2.22. The number of nitrogens with zero attached hydrogens (tertiary/aromatic N) is 3. The topological polar surface area (TPSA) is 92.3 Å². The summed E-state index contributed by atoms with van der Waals surface area (Å²) in [6, 6.07) is 7.35. The van der Waals surface area contributed by atoms with Crippen LogP contribution in [0.15, 0.2) is 29.4 Å². The molecule has 1 aromatic heterocycles. The van der Waals surface area contributed by atoms with Crippen LogP contribution in [0.5, 0.6) is 5.75 Å². The molecule has 2 N–H and O–H groups in total. The highest BCUT2D eigenvalue weighted by Gasteiger charge is 2.29. The first-order valence-electron chi connectivity index (χ1n) is 6.37. The maximum atomic E-state index is 11.5. The first-order chi connectivity index (χ1) is 10.2. The van der Waals surface area contributed by atoms with Gasteiger partial charge in [-0.3, -0.25) is 4.79 Å². The van der Waals surface area contributed by atoms with E-state index in [4.69, 9.17) is 15.3 Å². The lowest BCUT2D eigenvalue weighted by Gasteiger charge is -2.06. The fourth-order valence-electron chi connectivity index (χ4n) is 2.01. The Morgan fingerprint density at radius 3 is 2.76 bits per heavy atom. The van der Waals surface area contributed by atoms with Gasteiger partial charge in [-0.25, -0.2) is 4.68 Å². The smallest absolute Gasteiger partial charge is 0.319 e. The largest absolute Gasteiger partial charge is 0.497 e. The minimum Gasteiger partial charge on any atom is -0.497 e. The Labute approximate surface area is 125 Å². The second kappa shape index (κ2) is 5.65. The van der Waals surface area contributed by atoms with Gasteiger partial charge in [-0.05, 0) is 24.3 Å². The van der Waals surface area contributed by atoms with Crippen LogP contribution >= 0.6 is 11.8 Å². The van der Waals surface area contributed by atoms with E-state index in [9.17, 15) is 4.79 Å². The molecule has 1 aromatic carbocycles. The number of rotatable bonds is 4. The first-order valence-corrected chi connectivity index (χ1v) is 7.25. The van der Waals surface area contributed by atoms with E-state index in [1.807, 2.05) is 24.3 Å². The summed E-state index contributed by atoms with van der Waals surface area (Å²) in [5.74, 6) is 7.08. The van der Waals surface area contributed by atoms with Gasteiger partial charge >= 0.3 is 5.97 Å². The molecule has 2 heterocycles. The van der Waals surface area contributed by atoms with Crippen molar-refractivity contribution in [3.8, 4) is 17.1 Å². The zero-order chi connectivity index (χ0) is 14.8. The maximum absolute atomic E-state index is 11.5. The summed E-state index contributed by atoms with van der Waals surface area (Å²) in [7, 11) is 1.61. The van der Waals surface area contributed by atoms with Crippen LogP contribution in [0.4, 0.5) is 0 Å². The number of carbonyl (C=O) groups is 1. The SMILES string of the molecule is COc1ccc(-c2nnc(S[C@@H]3CCOC3=O)n2N)cc1. The Morgan fingerprint density at radius 1 is 1.38 bits per heavy atom. The number of aromatic nitrogens is 3. The molecule has 7 nitrogen and oxygen atoms in total. The van der Waals surface area contributed by atoms with Crippen molar-refractivity contribution in [2.75, 3.05) is 19.6 Å². The molecule has 1 fully saturated rings. The molecule has 3 rings (SSSR count). The minimum atomic E-state index is -0.264. The number of esters is 1. The molecule has 1 aliphatic rings. The first kappa shape index (κ1) is 13.7. The number of nitrogen functional groups attached to an aromatic ring is 1. The van der Waals surface area contributed by atoms with Gasteiger partial charge in [0.25, 0.3) is 0 Å². The van der Waals surface area contributed by atoms with E-state index in [0.717, 1.165) is 11.3 Å².